The number of anilines is 5. The number of hydrogen-bond donors (Lipinski definition) is 3. The summed E-state index contributed by atoms with van der Waals surface area (Å²) in [4.78, 5) is 48.6. The highest BCUT2D eigenvalue weighted by molar-refractivity contribution is 7.17. The van der Waals surface area contributed by atoms with Gasteiger partial charge in [-0.3, -0.25) is 14.5 Å². The zero-order valence-electron chi connectivity index (χ0n) is 28.1. The van der Waals surface area contributed by atoms with Crippen molar-refractivity contribution in [3.8, 4) is 17.0 Å². The molecule has 2 saturated heterocycles. The summed E-state index contributed by atoms with van der Waals surface area (Å²) in [5.41, 5.74) is 3.91. The molecule has 0 saturated carbocycles. The predicted molar refractivity (Wildman–Crippen MR) is 198 cm³/mol. The smallest absolute Gasteiger partial charge is 0.267 e. The van der Waals surface area contributed by atoms with E-state index in [-0.39, 0.29) is 18.4 Å². The van der Waals surface area contributed by atoms with Crippen LogP contribution >= 0.6 is 22.9 Å². The minimum atomic E-state index is -0.315. The lowest BCUT2D eigenvalue weighted by Crippen LogP contribution is -2.50. The van der Waals surface area contributed by atoms with Crippen LogP contribution in [0.2, 0.25) is 5.02 Å². The maximum absolute atomic E-state index is 13.0. The fraction of sp³-hybridized carbons (Fsp3) is 0.343. The van der Waals surface area contributed by atoms with Crippen LogP contribution in [0.1, 0.15) is 15.2 Å². The zero-order chi connectivity index (χ0) is 35.2. The molecule has 3 aromatic heterocycles. The van der Waals surface area contributed by atoms with Gasteiger partial charge in [0.1, 0.15) is 4.88 Å². The van der Waals surface area contributed by atoms with Crippen molar-refractivity contribution >= 4 is 62.9 Å². The number of β-amino-alcohol motifs (C(OH)–C–C–N with tert-alkyl or cyclic N) is 1. The molecule has 4 aromatic rings. The summed E-state index contributed by atoms with van der Waals surface area (Å²) in [5, 5.41) is 16.5. The van der Waals surface area contributed by atoms with Crippen LogP contribution < -0.4 is 25.2 Å². The summed E-state index contributed by atoms with van der Waals surface area (Å²) in [6.45, 7) is 12.0. The van der Waals surface area contributed by atoms with Gasteiger partial charge in [0.05, 0.1) is 42.0 Å². The van der Waals surface area contributed by atoms with Gasteiger partial charge >= 0.3 is 0 Å². The third-order valence-electron chi connectivity index (χ3n) is 8.83. The first kappa shape index (κ1) is 35.1. The number of aromatic nitrogens is 3. The first-order valence-electron chi connectivity index (χ1n) is 16.4. The van der Waals surface area contributed by atoms with Crippen LogP contribution in [-0.2, 0) is 4.79 Å². The summed E-state index contributed by atoms with van der Waals surface area (Å²) >= 11 is 7.50. The zero-order valence-corrected chi connectivity index (χ0v) is 29.6. The molecule has 1 aromatic carbocycles. The molecule has 0 atom stereocenters. The van der Waals surface area contributed by atoms with Crippen LogP contribution in [0.5, 0.6) is 5.75 Å². The lowest BCUT2D eigenvalue weighted by molar-refractivity contribution is -0.126. The number of ether oxygens (including phenoxy) is 1. The Balaban J connectivity index is 1.25. The van der Waals surface area contributed by atoms with Gasteiger partial charge in [-0.2, -0.15) is 0 Å². The van der Waals surface area contributed by atoms with Gasteiger partial charge in [-0.1, -0.05) is 41.6 Å². The largest absolute Gasteiger partial charge is 0.493 e. The van der Waals surface area contributed by atoms with E-state index in [1.54, 1.807) is 18.1 Å². The minimum absolute atomic E-state index is 0.0624. The predicted octanol–water partition coefficient (Wildman–Crippen LogP) is 4.52. The molecule has 0 bridgehead atoms. The molecule has 13 nitrogen and oxygen atoms in total. The maximum atomic E-state index is 13.0. The Morgan fingerprint density at radius 1 is 1.04 bits per heavy atom. The van der Waals surface area contributed by atoms with Crippen molar-refractivity contribution in [2.75, 3.05) is 93.1 Å². The lowest BCUT2D eigenvalue weighted by Gasteiger charge is -2.40. The van der Waals surface area contributed by atoms with Gasteiger partial charge in [-0.05, 0) is 42.8 Å². The molecule has 0 aliphatic carbocycles. The third-order valence-corrected chi connectivity index (χ3v) is 10.1. The van der Waals surface area contributed by atoms with Crippen molar-refractivity contribution in [2.45, 2.75) is 6.92 Å². The quantitative estimate of drug-likeness (QED) is 0.189. The molecule has 2 fully saturated rings. The number of nitrogens with one attached hydrogen (secondary N) is 2. The number of benzene rings is 1. The standard InChI is InChI=1S/C35H40ClN9O4S/c1-4-30(47)44-14-16-45(17-15-44)33-27(43-12-10-42(11-13-43)18-19-46)20-24(21-37-33)26-8-9-28(49-3)32(39-26)41-35-38-22-29(50-35)34(48)40-31-23(2)6-5-7-25(31)36/h4-9,20-22,46H,1,10-19H2,2-3H3,(H,40,48)(H,38,39,41). The second-order valence-electron chi connectivity index (χ2n) is 11.9. The third kappa shape index (κ3) is 7.83. The highest BCUT2D eigenvalue weighted by Gasteiger charge is 2.27. The number of piperazine rings is 2. The number of para-hydroxylation sites is 1. The summed E-state index contributed by atoms with van der Waals surface area (Å²) in [6, 6.07) is 11.3. The van der Waals surface area contributed by atoms with E-state index in [4.69, 9.17) is 26.3 Å². The van der Waals surface area contributed by atoms with E-state index in [9.17, 15) is 14.7 Å². The summed E-state index contributed by atoms with van der Waals surface area (Å²) in [7, 11) is 1.57. The fourth-order valence-electron chi connectivity index (χ4n) is 6.05. The van der Waals surface area contributed by atoms with Gasteiger partial charge in [-0.15, -0.1) is 0 Å². The number of aliphatic hydroxyl groups excluding tert-OH is 1. The Kier molecular flexibility index (Phi) is 11.1. The normalized spacial score (nSPS) is 15.2. The topological polar surface area (TPSA) is 139 Å². The molecular formula is C35H40ClN9O4S. The number of halogens is 1. The Morgan fingerprint density at radius 2 is 1.80 bits per heavy atom. The summed E-state index contributed by atoms with van der Waals surface area (Å²) < 4.78 is 5.62. The van der Waals surface area contributed by atoms with E-state index >= 15 is 0 Å². The van der Waals surface area contributed by atoms with E-state index in [1.165, 1.54) is 23.6 Å². The number of rotatable bonds is 11. The van der Waals surface area contributed by atoms with Gasteiger partial charge in [-0.25, -0.2) is 15.0 Å². The number of thiazole rings is 1. The molecule has 2 aliphatic rings. The maximum Gasteiger partial charge on any atom is 0.267 e. The van der Waals surface area contributed by atoms with Crippen LogP contribution in [0.15, 0.2) is 61.4 Å². The molecule has 3 N–H and O–H groups in total. The number of carbonyl (C=O) groups excluding carboxylic acids is 2. The SMILES string of the molecule is C=CC(=O)N1CCN(c2ncc(-c3ccc(OC)c(Nc4ncc(C(=O)Nc5c(C)cccc5Cl)s4)n3)cc2N2CCN(CCO)CC2)CC1. The minimum Gasteiger partial charge on any atom is -0.493 e. The second-order valence-corrected chi connectivity index (χ2v) is 13.4. The van der Waals surface area contributed by atoms with Gasteiger partial charge < -0.3 is 35.2 Å². The molecule has 0 unspecified atom stereocenters. The van der Waals surface area contributed by atoms with Gasteiger partial charge in [0.2, 0.25) is 5.91 Å². The Labute approximate surface area is 300 Å². The number of hydrogen-bond acceptors (Lipinski definition) is 12. The van der Waals surface area contributed by atoms with Gasteiger partial charge in [0, 0.05) is 70.7 Å². The van der Waals surface area contributed by atoms with Crippen molar-refractivity contribution in [3.63, 3.8) is 0 Å². The first-order chi connectivity index (χ1) is 24.3. The molecule has 262 valence electrons. The number of methoxy groups -OCH3 is 1. The van der Waals surface area contributed by atoms with Gasteiger partial charge in [0.15, 0.2) is 22.5 Å². The molecule has 2 amide bonds. The van der Waals surface area contributed by atoms with E-state index in [0.717, 1.165) is 48.8 Å². The fourth-order valence-corrected chi connectivity index (χ4v) is 7.03. The van der Waals surface area contributed by atoms with Crippen LogP contribution in [0, 0.1) is 6.92 Å². The van der Waals surface area contributed by atoms with Crippen molar-refractivity contribution in [1.29, 1.82) is 0 Å². The highest BCUT2D eigenvalue weighted by atomic mass is 35.5. The number of aliphatic hydroxyl groups is 1. The van der Waals surface area contributed by atoms with Crippen LogP contribution in [0.3, 0.4) is 0 Å². The molecule has 50 heavy (non-hydrogen) atoms. The number of pyridine rings is 2. The monoisotopic (exact) mass is 717 g/mol. The molecule has 5 heterocycles. The Hall–Kier alpha value is -4.76. The van der Waals surface area contributed by atoms with E-state index < -0.39 is 0 Å². The van der Waals surface area contributed by atoms with Crippen molar-refractivity contribution in [1.82, 2.24) is 24.8 Å². The van der Waals surface area contributed by atoms with Crippen molar-refractivity contribution in [3.05, 3.63) is 76.9 Å². The summed E-state index contributed by atoms with van der Waals surface area (Å²) in [5.74, 6) is 1.44. The highest BCUT2D eigenvalue weighted by Crippen LogP contribution is 2.36. The van der Waals surface area contributed by atoms with Crippen LogP contribution in [0.4, 0.5) is 28.1 Å². The molecule has 6 rings (SSSR count). The number of aryl methyl sites for hydroxylation is 1. The molecular weight excluding hydrogens is 678 g/mol. The molecule has 15 heteroatoms. The van der Waals surface area contributed by atoms with Gasteiger partial charge in [0.25, 0.3) is 5.91 Å². The Morgan fingerprint density at radius 3 is 2.50 bits per heavy atom. The van der Waals surface area contributed by atoms with Crippen molar-refractivity contribution in [2.24, 2.45) is 0 Å². The Bertz CT molecular complexity index is 1840. The number of carbonyl (C=O) groups is 2. The molecule has 0 spiro atoms. The van der Waals surface area contributed by atoms with Crippen molar-refractivity contribution < 1.29 is 19.4 Å². The molecule has 2 aliphatic heterocycles. The number of nitrogens with zero attached hydrogens (tertiary/aromatic N) is 7. The van der Waals surface area contributed by atoms with E-state index in [1.807, 2.05) is 37.4 Å². The van der Waals surface area contributed by atoms with Crippen LogP contribution in [-0.4, -0.2) is 114 Å². The average Bonchev–Trinajstić information content (AvgIpc) is 3.62. The number of amides is 2. The molecule has 0 radical (unpaired) electrons. The lowest BCUT2D eigenvalue weighted by atomic mass is 10.1. The second kappa shape index (κ2) is 15.9. The summed E-state index contributed by atoms with van der Waals surface area (Å²) in [6.07, 6.45) is 4.69. The first-order valence-corrected chi connectivity index (χ1v) is 17.6. The van der Waals surface area contributed by atoms with Crippen LogP contribution in [0.25, 0.3) is 11.3 Å². The average molecular weight is 718 g/mol. The van der Waals surface area contributed by atoms with E-state index in [0.29, 0.717) is 70.7 Å². The van der Waals surface area contributed by atoms with E-state index in [2.05, 4.69) is 43.0 Å².